The predicted molar refractivity (Wildman–Crippen MR) is 52.4 cm³/mol. The summed E-state index contributed by atoms with van der Waals surface area (Å²) in [6.45, 7) is 0. The van der Waals surface area contributed by atoms with E-state index in [1.54, 1.807) is 0 Å². The lowest BCUT2D eigenvalue weighted by Crippen LogP contribution is -2.12. The van der Waals surface area contributed by atoms with Crippen LogP contribution in [0.5, 0.6) is 0 Å². The van der Waals surface area contributed by atoms with Crippen LogP contribution in [0.1, 0.15) is 51.4 Å². The molecule has 1 fully saturated rings. The summed E-state index contributed by atoms with van der Waals surface area (Å²) in [5.74, 6) is 0. The van der Waals surface area contributed by atoms with Gasteiger partial charge in [0, 0.05) is 0 Å². The molecule has 68 valence electrons. The Morgan fingerprint density at radius 2 is 0.917 bits per heavy atom. The van der Waals surface area contributed by atoms with Gasteiger partial charge in [0.2, 0.25) is 0 Å². The van der Waals surface area contributed by atoms with Gasteiger partial charge in [-0.25, -0.2) is 0 Å². The second kappa shape index (κ2) is 5.07. The number of nitrogens with one attached hydrogen (secondary N) is 2. The third-order valence-corrected chi connectivity index (χ3v) is 2.47. The van der Waals surface area contributed by atoms with Crippen LogP contribution in [0.25, 0.3) is 0 Å². The van der Waals surface area contributed by atoms with Crippen LogP contribution in [0.4, 0.5) is 0 Å². The Hall–Kier alpha value is -0.660. The molecule has 2 nitrogen and oxygen atoms in total. The van der Waals surface area contributed by atoms with E-state index in [1.807, 2.05) is 0 Å². The molecule has 0 aliphatic heterocycles. The lowest BCUT2D eigenvalue weighted by atomic mass is 9.98. The van der Waals surface area contributed by atoms with Gasteiger partial charge < -0.3 is 10.8 Å². The van der Waals surface area contributed by atoms with Gasteiger partial charge in [-0.1, -0.05) is 25.7 Å². The molecule has 0 bridgehead atoms. The molecule has 1 rings (SSSR count). The highest BCUT2D eigenvalue weighted by Crippen LogP contribution is 2.12. The van der Waals surface area contributed by atoms with Gasteiger partial charge in [0.1, 0.15) is 0 Å². The molecule has 0 saturated heterocycles. The van der Waals surface area contributed by atoms with Crippen LogP contribution < -0.4 is 0 Å². The van der Waals surface area contributed by atoms with Crippen molar-refractivity contribution in [3.63, 3.8) is 0 Å². The van der Waals surface area contributed by atoms with E-state index in [4.69, 9.17) is 10.8 Å². The maximum Gasteiger partial charge on any atom is 0.0521 e. The topological polar surface area (TPSA) is 47.7 Å². The van der Waals surface area contributed by atoms with Gasteiger partial charge in [-0.2, -0.15) is 0 Å². The van der Waals surface area contributed by atoms with Crippen molar-refractivity contribution in [1.29, 1.82) is 10.8 Å². The number of hydrogen-bond acceptors (Lipinski definition) is 2. The molecule has 2 N–H and O–H groups in total. The Morgan fingerprint density at radius 3 is 1.33 bits per heavy atom. The summed E-state index contributed by atoms with van der Waals surface area (Å²) in [6.07, 6.45) is 9.02. The molecule has 0 amide bonds. The molecule has 0 heterocycles. The van der Waals surface area contributed by atoms with Crippen molar-refractivity contribution in [1.82, 2.24) is 0 Å². The summed E-state index contributed by atoms with van der Waals surface area (Å²) in [6, 6.07) is 0. The van der Waals surface area contributed by atoms with E-state index in [0.717, 1.165) is 25.7 Å². The maximum absolute atomic E-state index is 7.58. The summed E-state index contributed by atoms with van der Waals surface area (Å²) in [5, 5.41) is 15.2. The smallest absolute Gasteiger partial charge is 0.0521 e. The third-order valence-electron chi connectivity index (χ3n) is 2.47. The van der Waals surface area contributed by atoms with Gasteiger partial charge in [-0.15, -0.1) is 0 Å². The van der Waals surface area contributed by atoms with Gasteiger partial charge in [0.05, 0.1) is 11.4 Å². The third kappa shape index (κ3) is 3.16. The first-order valence-corrected chi connectivity index (χ1v) is 4.96. The average molecular weight is 166 g/mol. The Labute approximate surface area is 74.4 Å². The van der Waals surface area contributed by atoms with Crippen molar-refractivity contribution in [3.05, 3.63) is 0 Å². The molecule has 0 aromatic carbocycles. The predicted octanol–water partition coefficient (Wildman–Crippen LogP) is 3.16. The summed E-state index contributed by atoms with van der Waals surface area (Å²) in [7, 11) is 0. The normalized spacial score (nSPS) is 22.3. The zero-order valence-electron chi connectivity index (χ0n) is 7.66. The molecule has 0 radical (unpaired) electrons. The van der Waals surface area contributed by atoms with Gasteiger partial charge in [-0.3, -0.25) is 0 Å². The number of rotatable bonds is 0. The fourth-order valence-corrected chi connectivity index (χ4v) is 1.61. The molecular weight excluding hydrogens is 148 g/mol. The van der Waals surface area contributed by atoms with Crippen molar-refractivity contribution < 1.29 is 0 Å². The molecule has 0 aromatic rings. The van der Waals surface area contributed by atoms with E-state index in [0.29, 0.717) is 11.4 Å². The van der Waals surface area contributed by atoms with E-state index in [2.05, 4.69) is 0 Å². The van der Waals surface area contributed by atoms with E-state index < -0.39 is 0 Å². The first kappa shape index (κ1) is 9.43. The summed E-state index contributed by atoms with van der Waals surface area (Å²) in [4.78, 5) is 0. The Kier molecular flexibility index (Phi) is 3.98. The Balaban J connectivity index is 2.36. The first-order valence-electron chi connectivity index (χ1n) is 4.96. The minimum Gasteiger partial charge on any atom is -0.303 e. The van der Waals surface area contributed by atoms with Crippen LogP contribution in [0.15, 0.2) is 0 Å². The number of hydrogen-bond donors (Lipinski definition) is 2. The highest BCUT2D eigenvalue weighted by atomic mass is 14.5. The summed E-state index contributed by atoms with van der Waals surface area (Å²) in [5.41, 5.74) is 1.16. The van der Waals surface area contributed by atoms with E-state index in [1.165, 1.54) is 25.7 Å². The zero-order chi connectivity index (χ0) is 8.81. The van der Waals surface area contributed by atoms with Crippen LogP contribution in [0.3, 0.4) is 0 Å². The molecule has 0 unspecified atom stereocenters. The van der Waals surface area contributed by atoms with Crippen LogP contribution in [-0.2, 0) is 0 Å². The van der Waals surface area contributed by atoms with E-state index >= 15 is 0 Å². The van der Waals surface area contributed by atoms with Crippen molar-refractivity contribution in [3.8, 4) is 0 Å². The van der Waals surface area contributed by atoms with E-state index in [9.17, 15) is 0 Å². The molecule has 1 saturated carbocycles. The molecule has 1 aliphatic carbocycles. The molecular formula is C10H18N2. The molecule has 1 aliphatic rings. The minimum atomic E-state index is 0.580. The standard InChI is InChI=1S/C10H18N2/c11-9-7-5-3-1-2-4-6-8-10(9)12/h11-12H,1-8H2. The molecule has 12 heavy (non-hydrogen) atoms. The highest BCUT2D eigenvalue weighted by Gasteiger charge is 2.06. The van der Waals surface area contributed by atoms with Gasteiger partial charge in [0.15, 0.2) is 0 Å². The monoisotopic (exact) mass is 166 g/mol. The van der Waals surface area contributed by atoms with Gasteiger partial charge in [0.25, 0.3) is 0 Å². The molecule has 0 aromatic heterocycles. The van der Waals surface area contributed by atoms with Gasteiger partial charge >= 0.3 is 0 Å². The molecule has 0 atom stereocenters. The fraction of sp³-hybridized carbons (Fsp3) is 0.800. The van der Waals surface area contributed by atoms with Crippen molar-refractivity contribution in [2.24, 2.45) is 0 Å². The quantitative estimate of drug-likeness (QED) is 0.555. The van der Waals surface area contributed by atoms with Crippen molar-refractivity contribution in [2.45, 2.75) is 51.4 Å². The summed E-state index contributed by atoms with van der Waals surface area (Å²) < 4.78 is 0. The second-order valence-electron chi connectivity index (χ2n) is 3.58. The fourth-order valence-electron chi connectivity index (χ4n) is 1.61. The lowest BCUT2D eigenvalue weighted by Gasteiger charge is -2.08. The van der Waals surface area contributed by atoms with Crippen LogP contribution in [0.2, 0.25) is 0 Å². The molecule has 0 spiro atoms. The Bertz CT molecular complexity index is 153. The van der Waals surface area contributed by atoms with Crippen molar-refractivity contribution in [2.75, 3.05) is 0 Å². The molecule has 2 heteroatoms. The van der Waals surface area contributed by atoms with Crippen molar-refractivity contribution >= 4 is 11.4 Å². The SMILES string of the molecule is N=C1CCCCCCCCC1=N. The lowest BCUT2D eigenvalue weighted by molar-refractivity contribution is 0.602. The van der Waals surface area contributed by atoms with Crippen LogP contribution >= 0.6 is 0 Å². The average Bonchev–Trinajstić information content (AvgIpc) is 2.08. The maximum atomic E-state index is 7.58. The summed E-state index contributed by atoms with van der Waals surface area (Å²) >= 11 is 0. The Morgan fingerprint density at radius 1 is 0.583 bits per heavy atom. The first-order chi connectivity index (χ1) is 5.80. The second-order valence-corrected chi connectivity index (χ2v) is 3.58. The minimum absolute atomic E-state index is 0.580. The van der Waals surface area contributed by atoms with Gasteiger partial charge in [-0.05, 0) is 25.7 Å². The highest BCUT2D eigenvalue weighted by molar-refractivity contribution is 6.39. The zero-order valence-corrected chi connectivity index (χ0v) is 7.66. The van der Waals surface area contributed by atoms with Crippen LogP contribution in [0, 0.1) is 10.8 Å². The van der Waals surface area contributed by atoms with E-state index in [-0.39, 0.29) is 0 Å². The largest absolute Gasteiger partial charge is 0.303 e. The van der Waals surface area contributed by atoms with Crippen LogP contribution in [-0.4, -0.2) is 11.4 Å².